The molecule has 0 aliphatic carbocycles. The number of benzene rings is 2. The first-order chi connectivity index (χ1) is 18.9. The number of nitrogens with zero attached hydrogens (tertiary/aromatic N) is 2. The van der Waals surface area contributed by atoms with Gasteiger partial charge in [0.2, 0.25) is 0 Å². The summed E-state index contributed by atoms with van der Waals surface area (Å²) in [4.78, 5) is 35.1. The summed E-state index contributed by atoms with van der Waals surface area (Å²) in [7, 11) is 0. The van der Waals surface area contributed by atoms with Gasteiger partial charge in [0.15, 0.2) is 12.7 Å². The molecule has 1 heterocycles. The third kappa shape index (κ3) is 11.9. The molecule has 1 aliphatic rings. The Bertz CT molecular complexity index is 1060. The molecule has 2 aromatic rings. The minimum absolute atomic E-state index is 0.262. The quantitative estimate of drug-likeness (QED) is 0.197. The largest absolute Gasteiger partial charge is 0.458 e. The molecule has 0 radical (unpaired) electrons. The summed E-state index contributed by atoms with van der Waals surface area (Å²) >= 11 is 0. The second-order valence-electron chi connectivity index (χ2n) is 11.7. The molecule has 8 nitrogen and oxygen atoms in total. The Balaban J connectivity index is 0.000000280. The van der Waals surface area contributed by atoms with Crippen LogP contribution in [0.15, 0.2) is 54.6 Å². The topological polar surface area (TPSA) is 99.0 Å². The standard InChI is InChI=1S/C19H31N.C13H15NO6/c1-16(15-20-12-6-5-7-13-20)14-17-8-10-18(11-9-17)19(2,3)4;1-9(15)19-8-12(14(17)18)13(20-10(2)16)11-6-4-3-5-7-11/h8-11,16H,5-7,12-15H2,1-4H3;3-7,12-13H,8H2,1-2H3. The van der Waals surface area contributed by atoms with Crippen molar-refractivity contribution in [3.8, 4) is 0 Å². The van der Waals surface area contributed by atoms with E-state index in [0.29, 0.717) is 5.56 Å². The third-order valence-electron chi connectivity index (χ3n) is 6.92. The van der Waals surface area contributed by atoms with Crippen LogP contribution in [0.5, 0.6) is 0 Å². The predicted octanol–water partition coefficient (Wildman–Crippen LogP) is 6.15. The second-order valence-corrected chi connectivity index (χ2v) is 11.7. The van der Waals surface area contributed by atoms with E-state index in [2.05, 4.69) is 61.6 Å². The highest BCUT2D eigenvalue weighted by molar-refractivity contribution is 5.66. The molecule has 0 bridgehead atoms. The van der Waals surface area contributed by atoms with Gasteiger partial charge in [-0.2, -0.15) is 0 Å². The lowest BCUT2D eigenvalue weighted by Gasteiger charge is -2.29. The van der Waals surface area contributed by atoms with E-state index in [1.54, 1.807) is 30.3 Å². The van der Waals surface area contributed by atoms with Crippen molar-refractivity contribution < 1.29 is 24.0 Å². The summed E-state index contributed by atoms with van der Waals surface area (Å²) in [6, 6.07) is 16.2. The normalized spacial score (nSPS) is 16.1. The fourth-order valence-electron chi connectivity index (χ4n) is 4.84. The number of likely N-dealkylation sites (tertiary alicyclic amines) is 1. The molecule has 0 saturated carbocycles. The first-order valence-electron chi connectivity index (χ1n) is 14.2. The van der Waals surface area contributed by atoms with Crippen molar-refractivity contribution in [2.24, 2.45) is 5.92 Å². The van der Waals surface area contributed by atoms with Crippen LogP contribution in [0.25, 0.3) is 0 Å². The van der Waals surface area contributed by atoms with Gasteiger partial charge in [0.25, 0.3) is 6.04 Å². The molecule has 1 aliphatic heterocycles. The maximum absolute atomic E-state index is 11.1. The molecule has 0 amide bonds. The first-order valence-corrected chi connectivity index (χ1v) is 14.2. The number of hydrogen-bond donors (Lipinski definition) is 0. The van der Waals surface area contributed by atoms with Gasteiger partial charge in [-0.05, 0) is 60.4 Å². The lowest BCUT2D eigenvalue weighted by molar-refractivity contribution is -0.538. The highest BCUT2D eigenvalue weighted by Crippen LogP contribution is 2.25. The Labute approximate surface area is 239 Å². The molecule has 3 unspecified atom stereocenters. The first kappa shape index (κ1) is 32.9. The van der Waals surface area contributed by atoms with Crippen molar-refractivity contribution in [2.75, 3.05) is 26.2 Å². The summed E-state index contributed by atoms with van der Waals surface area (Å²) in [6.07, 6.45) is 4.32. The van der Waals surface area contributed by atoms with Crippen molar-refractivity contribution in [1.29, 1.82) is 0 Å². The van der Waals surface area contributed by atoms with Gasteiger partial charge in [-0.15, -0.1) is 0 Å². The molecular formula is C32H46N2O6. The van der Waals surface area contributed by atoms with E-state index in [-0.39, 0.29) is 5.41 Å². The summed E-state index contributed by atoms with van der Waals surface area (Å²) < 4.78 is 9.70. The van der Waals surface area contributed by atoms with E-state index < -0.39 is 35.6 Å². The SMILES string of the molecule is CC(=O)OCC(C(OC(C)=O)c1ccccc1)[N+](=O)[O-].CC(Cc1ccc(C(C)(C)C)cc1)CN1CCCCC1. The van der Waals surface area contributed by atoms with E-state index in [1.807, 2.05) is 0 Å². The number of hydrogen-bond acceptors (Lipinski definition) is 7. The molecule has 3 atom stereocenters. The van der Waals surface area contributed by atoms with Crippen molar-refractivity contribution in [3.05, 3.63) is 81.4 Å². The van der Waals surface area contributed by atoms with Crippen LogP contribution in [0.2, 0.25) is 0 Å². The zero-order valence-electron chi connectivity index (χ0n) is 24.9. The van der Waals surface area contributed by atoms with Crippen LogP contribution < -0.4 is 0 Å². The summed E-state index contributed by atoms with van der Waals surface area (Å²) in [5.74, 6) is -0.520. The Hall–Kier alpha value is -3.26. The van der Waals surface area contributed by atoms with Crippen LogP contribution in [0.1, 0.15) is 83.6 Å². The lowest BCUT2D eigenvalue weighted by Crippen LogP contribution is -2.35. The molecule has 0 aromatic heterocycles. The Morgan fingerprint density at radius 3 is 2.05 bits per heavy atom. The van der Waals surface area contributed by atoms with E-state index in [0.717, 1.165) is 12.8 Å². The maximum atomic E-state index is 11.1. The zero-order valence-corrected chi connectivity index (χ0v) is 24.9. The number of carbonyl (C=O) groups is 2. The van der Waals surface area contributed by atoms with Gasteiger partial charge in [-0.25, -0.2) is 0 Å². The minimum atomic E-state index is -1.36. The van der Waals surface area contributed by atoms with Gasteiger partial charge in [0.1, 0.15) is 0 Å². The highest BCUT2D eigenvalue weighted by Gasteiger charge is 2.36. The summed E-state index contributed by atoms with van der Waals surface area (Å²) in [5.41, 5.74) is 3.65. The second kappa shape index (κ2) is 16.1. The molecule has 0 spiro atoms. The van der Waals surface area contributed by atoms with Gasteiger partial charge in [-0.3, -0.25) is 19.7 Å². The van der Waals surface area contributed by atoms with Gasteiger partial charge >= 0.3 is 11.9 Å². The van der Waals surface area contributed by atoms with Crippen molar-refractivity contribution in [3.63, 3.8) is 0 Å². The number of esters is 2. The van der Waals surface area contributed by atoms with Crippen LogP contribution in [-0.4, -0.2) is 54.0 Å². The number of rotatable bonds is 10. The van der Waals surface area contributed by atoms with Gasteiger partial charge in [-0.1, -0.05) is 88.7 Å². The fraction of sp³-hybridized carbons (Fsp3) is 0.562. The molecule has 220 valence electrons. The summed E-state index contributed by atoms with van der Waals surface area (Å²) in [6.45, 7) is 15.0. The molecule has 8 heteroatoms. The molecule has 0 N–H and O–H groups in total. The molecule has 1 saturated heterocycles. The highest BCUT2D eigenvalue weighted by atomic mass is 16.6. The monoisotopic (exact) mass is 554 g/mol. The van der Waals surface area contributed by atoms with E-state index in [9.17, 15) is 19.7 Å². The van der Waals surface area contributed by atoms with Gasteiger partial charge < -0.3 is 14.4 Å². The van der Waals surface area contributed by atoms with E-state index in [1.165, 1.54) is 63.4 Å². The van der Waals surface area contributed by atoms with Crippen LogP contribution in [-0.2, 0) is 30.9 Å². The van der Waals surface area contributed by atoms with Crippen molar-refractivity contribution in [2.45, 2.75) is 84.8 Å². The molecular weight excluding hydrogens is 508 g/mol. The molecule has 3 rings (SSSR count). The van der Waals surface area contributed by atoms with Gasteiger partial charge in [0, 0.05) is 25.3 Å². The Morgan fingerprint density at radius 1 is 0.950 bits per heavy atom. The average Bonchev–Trinajstić information content (AvgIpc) is 2.89. The molecule has 40 heavy (non-hydrogen) atoms. The molecule has 2 aromatic carbocycles. The van der Waals surface area contributed by atoms with Crippen LogP contribution in [0.3, 0.4) is 0 Å². The fourth-order valence-corrected chi connectivity index (χ4v) is 4.84. The zero-order chi connectivity index (χ0) is 29.7. The maximum Gasteiger partial charge on any atom is 0.303 e. The number of piperidine rings is 1. The number of nitro groups is 1. The van der Waals surface area contributed by atoms with Gasteiger partial charge in [0.05, 0.1) is 0 Å². The average molecular weight is 555 g/mol. The van der Waals surface area contributed by atoms with E-state index >= 15 is 0 Å². The van der Waals surface area contributed by atoms with Crippen LogP contribution in [0.4, 0.5) is 0 Å². The number of ether oxygens (including phenoxy) is 2. The smallest absolute Gasteiger partial charge is 0.303 e. The van der Waals surface area contributed by atoms with Crippen LogP contribution >= 0.6 is 0 Å². The summed E-state index contributed by atoms with van der Waals surface area (Å²) in [5, 5.41) is 11.1. The number of carbonyl (C=O) groups excluding carboxylic acids is 2. The minimum Gasteiger partial charge on any atom is -0.458 e. The Kier molecular flexibility index (Phi) is 13.3. The Morgan fingerprint density at radius 2 is 1.55 bits per heavy atom. The van der Waals surface area contributed by atoms with Crippen LogP contribution in [0, 0.1) is 16.0 Å². The predicted molar refractivity (Wildman–Crippen MR) is 157 cm³/mol. The third-order valence-corrected chi connectivity index (χ3v) is 6.92. The van der Waals surface area contributed by atoms with Crippen molar-refractivity contribution in [1.82, 2.24) is 4.90 Å². The van der Waals surface area contributed by atoms with E-state index in [4.69, 9.17) is 4.74 Å². The lowest BCUT2D eigenvalue weighted by atomic mass is 9.86. The molecule has 1 fully saturated rings. The van der Waals surface area contributed by atoms with Crippen molar-refractivity contribution >= 4 is 11.9 Å².